The summed E-state index contributed by atoms with van der Waals surface area (Å²) < 4.78 is 16.0. The molecule has 1 saturated heterocycles. The predicted octanol–water partition coefficient (Wildman–Crippen LogP) is 4.37. The van der Waals surface area contributed by atoms with E-state index in [1.54, 1.807) is 27.9 Å². The van der Waals surface area contributed by atoms with E-state index in [0.717, 1.165) is 24.1 Å². The number of hydrogen-bond donors (Lipinski definition) is 1. The maximum Gasteiger partial charge on any atom is 0.274 e. The number of hydrogen-bond acceptors (Lipinski definition) is 5. The van der Waals surface area contributed by atoms with E-state index in [2.05, 4.69) is 4.98 Å². The third-order valence-corrected chi connectivity index (χ3v) is 7.57. The molecule has 0 aromatic carbocycles. The normalized spacial score (nSPS) is 21.1. The van der Waals surface area contributed by atoms with E-state index in [1.807, 2.05) is 0 Å². The molecule has 0 saturated carbocycles. The number of pyridine rings is 1. The number of carbonyl (C=O) groups is 1. The van der Waals surface area contributed by atoms with Crippen molar-refractivity contribution in [3.8, 4) is 16.3 Å². The monoisotopic (exact) mass is 461 g/mol. The maximum absolute atomic E-state index is 14.3. The molecule has 2 aliphatic heterocycles. The van der Waals surface area contributed by atoms with Crippen LogP contribution in [0.25, 0.3) is 10.6 Å². The summed E-state index contributed by atoms with van der Waals surface area (Å²) in [4.78, 5) is 32.7. The molecule has 0 spiro atoms. The molecule has 1 fully saturated rings. The zero-order valence-corrected chi connectivity index (χ0v) is 18.3. The zero-order chi connectivity index (χ0) is 21.7. The van der Waals surface area contributed by atoms with Crippen molar-refractivity contribution < 1.29 is 14.3 Å². The van der Waals surface area contributed by atoms with Crippen molar-refractivity contribution in [1.29, 1.82) is 0 Å². The molecular weight excluding hydrogens is 441 g/mol. The van der Waals surface area contributed by atoms with Crippen LogP contribution in [0.2, 0.25) is 0 Å². The van der Waals surface area contributed by atoms with Gasteiger partial charge < -0.3 is 14.6 Å². The summed E-state index contributed by atoms with van der Waals surface area (Å²) in [5.41, 5.74) is 0.325. The fourth-order valence-electron chi connectivity index (χ4n) is 4.62. The first-order chi connectivity index (χ1) is 14.9. The molecule has 31 heavy (non-hydrogen) atoms. The number of allylic oxidation sites excluding steroid dienone is 4. The molecule has 1 N–H and O–H groups in total. The lowest BCUT2D eigenvalue weighted by Gasteiger charge is -2.40. The molecule has 0 radical (unpaired) electrons. The first-order valence-corrected chi connectivity index (χ1v) is 11.6. The van der Waals surface area contributed by atoms with E-state index in [4.69, 9.17) is 11.6 Å². The van der Waals surface area contributed by atoms with Crippen molar-refractivity contribution >= 4 is 28.8 Å². The summed E-state index contributed by atoms with van der Waals surface area (Å²) in [5.74, 6) is -1.20. The van der Waals surface area contributed by atoms with Gasteiger partial charge in [0.05, 0.1) is 10.6 Å². The molecule has 9 heteroatoms. The maximum atomic E-state index is 14.3. The Kier molecular flexibility index (Phi) is 5.22. The van der Waals surface area contributed by atoms with E-state index in [1.165, 1.54) is 11.3 Å². The topological polar surface area (TPSA) is 75.4 Å². The molecule has 0 bridgehead atoms. The van der Waals surface area contributed by atoms with Crippen molar-refractivity contribution in [3.63, 3.8) is 0 Å². The second kappa shape index (κ2) is 7.91. The van der Waals surface area contributed by atoms with Gasteiger partial charge in [0.2, 0.25) is 5.43 Å². The van der Waals surface area contributed by atoms with Crippen molar-refractivity contribution in [2.75, 3.05) is 6.54 Å². The van der Waals surface area contributed by atoms with Crippen LogP contribution in [0.1, 0.15) is 47.5 Å². The average Bonchev–Trinajstić information content (AvgIpc) is 3.22. The molecular formula is C22H21ClFN3O3S. The van der Waals surface area contributed by atoms with Crippen molar-refractivity contribution in [2.24, 2.45) is 0 Å². The number of carbonyl (C=O) groups excluding carboxylic acids is 1. The molecule has 1 amide bonds. The van der Waals surface area contributed by atoms with Crippen LogP contribution in [-0.4, -0.2) is 38.1 Å². The van der Waals surface area contributed by atoms with Gasteiger partial charge in [-0.15, -0.1) is 11.3 Å². The van der Waals surface area contributed by atoms with E-state index in [0.29, 0.717) is 42.9 Å². The molecule has 4 heterocycles. The van der Waals surface area contributed by atoms with Gasteiger partial charge in [-0.3, -0.25) is 9.59 Å². The number of halogens is 2. The molecule has 5 rings (SSSR count). The largest absolute Gasteiger partial charge is 0.503 e. The molecule has 3 aliphatic rings. The molecule has 1 unspecified atom stereocenters. The fraction of sp³-hybridized carbons (Fsp3) is 0.409. The summed E-state index contributed by atoms with van der Waals surface area (Å²) in [5, 5.41) is 11.2. The van der Waals surface area contributed by atoms with Gasteiger partial charge in [0.15, 0.2) is 11.4 Å². The molecule has 6 nitrogen and oxygen atoms in total. The number of rotatable bonds is 3. The van der Waals surface area contributed by atoms with Crippen LogP contribution < -0.4 is 5.43 Å². The number of piperidine rings is 1. The summed E-state index contributed by atoms with van der Waals surface area (Å²) in [6.45, 7) is 1.20. The number of amides is 1. The van der Waals surface area contributed by atoms with Crippen LogP contribution >= 0.6 is 22.9 Å². The Morgan fingerprint density at radius 3 is 3.00 bits per heavy atom. The van der Waals surface area contributed by atoms with Crippen LogP contribution in [0.3, 0.4) is 0 Å². The number of thiazole rings is 1. The lowest BCUT2D eigenvalue weighted by molar-refractivity contribution is 0.0506. The average molecular weight is 462 g/mol. The van der Waals surface area contributed by atoms with Gasteiger partial charge in [0, 0.05) is 42.8 Å². The second-order valence-electron chi connectivity index (χ2n) is 8.19. The highest BCUT2D eigenvalue weighted by molar-refractivity contribution is 7.15. The minimum absolute atomic E-state index is 0.0551. The van der Waals surface area contributed by atoms with Crippen molar-refractivity contribution in [2.45, 2.75) is 51.1 Å². The second-order valence-corrected chi connectivity index (χ2v) is 9.71. The smallest absolute Gasteiger partial charge is 0.274 e. The van der Waals surface area contributed by atoms with Crippen LogP contribution in [0.5, 0.6) is 5.75 Å². The quantitative estimate of drug-likeness (QED) is 0.736. The Balaban J connectivity index is 1.49. The van der Waals surface area contributed by atoms with Gasteiger partial charge in [-0.2, -0.15) is 0 Å². The first kappa shape index (κ1) is 20.5. The predicted molar refractivity (Wildman–Crippen MR) is 117 cm³/mol. The van der Waals surface area contributed by atoms with Gasteiger partial charge in [-0.1, -0.05) is 17.7 Å². The number of aromatic nitrogens is 2. The van der Waals surface area contributed by atoms with E-state index in [-0.39, 0.29) is 34.1 Å². The highest BCUT2D eigenvalue weighted by Gasteiger charge is 2.37. The Bertz CT molecular complexity index is 1200. The summed E-state index contributed by atoms with van der Waals surface area (Å²) in [7, 11) is 0. The minimum atomic E-state index is -0.606. The minimum Gasteiger partial charge on any atom is -0.503 e. The number of nitrogens with zero attached hydrogens (tertiary/aromatic N) is 3. The number of fused-ring (bicyclic) bond motifs is 2. The Hall–Kier alpha value is -2.45. The SMILES string of the molecule is O=C1c2c(O)c(=O)c(-c3ncc(CC4=C(F)C(Cl)=CCC4)s3)cn2CC2CCCCN12. The molecule has 2 aromatic rings. The van der Waals surface area contributed by atoms with Crippen LogP contribution in [0.4, 0.5) is 4.39 Å². The Morgan fingerprint density at radius 2 is 2.16 bits per heavy atom. The highest BCUT2D eigenvalue weighted by Crippen LogP contribution is 2.35. The van der Waals surface area contributed by atoms with E-state index < -0.39 is 11.2 Å². The summed E-state index contributed by atoms with van der Waals surface area (Å²) >= 11 is 7.19. The molecule has 2 aromatic heterocycles. The van der Waals surface area contributed by atoms with Gasteiger partial charge in [-0.05, 0) is 37.7 Å². The van der Waals surface area contributed by atoms with Gasteiger partial charge in [-0.25, -0.2) is 9.37 Å². The van der Waals surface area contributed by atoms with Crippen LogP contribution in [-0.2, 0) is 13.0 Å². The fourth-order valence-corrected chi connectivity index (χ4v) is 5.83. The highest BCUT2D eigenvalue weighted by atomic mass is 35.5. The standard InChI is InChI=1S/C22H21ClFN3O3S/c23-16-6-3-4-12(17(16)24)8-14-9-25-21(31-14)15-11-26-10-13-5-1-2-7-27(13)22(30)18(26)20(29)19(15)28/h6,9,11,13,29H,1-5,7-8,10H2. The number of aromatic hydroxyl groups is 1. The Labute approximate surface area is 187 Å². The molecule has 1 atom stereocenters. The molecule has 1 aliphatic carbocycles. The summed E-state index contributed by atoms with van der Waals surface area (Å²) in [6.07, 6.45) is 9.50. The summed E-state index contributed by atoms with van der Waals surface area (Å²) in [6, 6.07) is 0.0781. The van der Waals surface area contributed by atoms with Gasteiger partial charge in [0.1, 0.15) is 10.8 Å². The van der Waals surface area contributed by atoms with Gasteiger partial charge >= 0.3 is 0 Å². The van der Waals surface area contributed by atoms with Crippen molar-refractivity contribution in [3.05, 3.63) is 55.7 Å². The lowest BCUT2D eigenvalue weighted by atomic mass is 9.98. The van der Waals surface area contributed by atoms with Crippen LogP contribution in [0, 0.1) is 0 Å². The third kappa shape index (κ3) is 3.51. The van der Waals surface area contributed by atoms with Gasteiger partial charge in [0.25, 0.3) is 5.91 Å². The van der Waals surface area contributed by atoms with Crippen molar-refractivity contribution in [1.82, 2.24) is 14.5 Å². The van der Waals surface area contributed by atoms with E-state index in [9.17, 15) is 19.1 Å². The van der Waals surface area contributed by atoms with Crippen LogP contribution in [0.15, 0.2) is 39.7 Å². The zero-order valence-electron chi connectivity index (χ0n) is 16.7. The van der Waals surface area contributed by atoms with E-state index >= 15 is 0 Å². The lowest BCUT2D eigenvalue weighted by Crippen LogP contribution is -2.51. The third-order valence-electron chi connectivity index (χ3n) is 6.22. The Morgan fingerprint density at radius 1 is 1.32 bits per heavy atom. The first-order valence-electron chi connectivity index (χ1n) is 10.4. The molecule has 162 valence electrons.